The van der Waals surface area contributed by atoms with Crippen molar-refractivity contribution >= 4 is 11.9 Å². The molecular weight excluding hydrogens is 268 g/mol. The van der Waals surface area contributed by atoms with Gasteiger partial charge in [0.15, 0.2) is 0 Å². The van der Waals surface area contributed by atoms with E-state index in [1.807, 2.05) is 12.2 Å². The van der Waals surface area contributed by atoms with Gasteiger partial charge in [0.05, 0.1) is 24.4 Å². The molecule has 0 heterocycles. The molecule has 2 bridgehead atoms. The zero-order valence-electron chi connectivity index (χ0n) is 12.9. The van der Waals surface area contributed by atoms with Crippen molar-refractivity contribution < 1.29 is 19.1 Å². The van der Waals surface area contributed by atoms with Crippen LogP contribution in [0.15, 0.2) is 23.3 Å². The fraction of sp³-hybridized carbons (Fsp3) is 0.647. The number of carbonyl (C=O) groups excluding carboxylic acids is 2. The van der Waals surface area contributed by atoms with Gasteiger partial charge < -0.3 is 9.47 Å². The summed E-state index contributed by atoms with van der Waals surface area (Å²) < 4.78 is 10.4. The van der Waals surface area contributed by atoms with Crippen LogP contribution in [0.4, 0.5) is 0 Å². The number of ether oxygens (including phenoxy) is 2. The van der Waals surface area contributed by atoms with E-state index in [2.05, 4.69) is 6.92 Å². The number of esters is 2. The van der Waals surface area contributed by atoms with Crippen molar-refractivity contribution in [1.82, 2.24) is 0 Å². The minimum Gasteiger partial charge on any atom is -0.463 e. The van der Waals surface area contributed by atoms with Gasteiger partial charge >= 0.3 is 11.9 Å². The summed E-state index contributed by atoms with van der Waals surface area (Å²) in [6, 6.07) is 0. The van der Waals surface area contributed by atoms with Crippen molar-refractivity contribution in [2.24, 2.45) is 11.8 Å². The highest BCUT2D eigenvalue weighted by Crippen LogP contribution is 2.44. The second-order valence-corrected chi connectivity index (χ2v) is 5.58. The van der Waals surface area contributed by atoms with Crippen LogP contribution in [-0.4, -0.2) is 25.2 Å². The molecule has 2 aliphatic carbocycles. The van der Waals surface area contributed by atoms with E-state index in [1.54, 1.807) is 6.92 Å². The highest BCUT2D eigenvalue weighted by atomic mass is 16.5. The number of rotatable bonds is 8. The molecule has 0 aliphatic heterocycles. The van der Waals surface area contributed by atoms with Crippen molar-refractivity contribution in [1.29, 1.82) is 0 Å². The Balaban J connectivity index is 1.97. The van der Waals surface area contributed by atoms with E-state index in [9.17, 15) is 9.59 Å². The molecule has 0 aromatic rings. The number of allylic oxidation sites excluding steroid dienone is 2. The van der Waals surface area contributed by atoms with Crippen molar-refractivity contribution in [2.45, 2.75) is 46.0 Å². The van der Waals surface area contributed by atoms with Crippen LogP contribution in [0.25, 0.3) is 0 Å². The maximum atomic E-state index is 12.3. The third kappa shape index (κ3) is 3.55. The Morgan fingerprint density at radius 1 is 1.00 bits per heavy atom. The molecule has 0 saturated carbocycles. The van der Waals surface area contributed by atoms with Crippen LogP contribution in [0.1, 0.15) is 46.0 Å². The minimum absolute atomic E-state index is 0.0247. The molecule has 0 spiro atoms. The predicted molar refractivity (Wildman–Crippen MR) is 79.5 cm³/mol. The Hall–Kier alpha value is -1.58. The summed E-state index contributed by atoms with van der Waals surface area (Å²) >= 11 is 0. The molecule has 0 fully saturated rings. The lowest BCUT2D eigenvalue weighted by Gasteiger charge is -2.14. The first-order chi connectivity index (χ1) is 10.2. The van der Waals surface area contributed by atoms with E-state index < -0.39 is 0 Å². The number of hydrogen-bond acceptors (Lipinski definition) is 4. The molecule has 0 saturated heterocycles. The van der Waals surface area contributed by atoms with Gasteiger partial charge in [-0.3, -0.25) is 0 Å². The molecule has 0 N–H and O–H groups in total. The summed E-state index contributed by atoms with van der Waals surface area (Å²) in [5.41, 5.74) is 1.04. The predicted octanol–water partition coefficient (Wildman–Crippen LogP) is 3.18. The summed E-state index contributed by atoms with van der Waals surface area (Å²) in [6.45, 7) is 4.67. The van der Waals surface area contributed by atoms with Gasteiger partial charge in [-0.1, -0.05) is 38.3 Å². The van der Waals surface area contributed by atoms with Crippen LogP contribution < -0.4 is 0 Å². The van der Waals surface area contributed by atoms with Crippen molar-refractivity contribution in [3.63, 3.8) is 0 Å². The zero-order chi connectivity index (χ0) is 15.2. The number of unbranched alkanes of at least 4 members (excludes halogenated alkanes) is 3. The van der Waals surface area contributed by atoms with Crippen LogP contribution in [0.5, 0.6) is 0 Å². The standard InChI is InChI=1S/C17H24O4/c1-3-5-6-7-10-21-17(19)15-13-9-8-12(11-13)14(15)16(18)20-4-2/h8-9,12-13H,3-7,10-11H2,1-2H3. The zero-order valence-corrected chi connectivity index (χ0v) is 12.9. The fourth-order valence-electron chi connectivity index (χ4n) is 3.03. The van der Waals surface area contributed by atoms with Crippen LogP contribution >= 0.6 is 0 Å². The Morgan fingerprint density at radius 3 is 2.19 bits per heavy atom. The Morgan fingerprint density at radius 2 is 1.62 bits per heavy atom. The molecule has 21 heavy (non-hydrogen) atoms. The summed E-state index contributed by atoms with van der Waals surface area (Å²) in [5, 5.41) is 0. The molecule has 2 atom stereocenters. The molecule has 0 aromatic carbocycles. The molecule has 0 radical (unpaired) electrons. The SMILES string of the molecule is CCCCCCOC(=O)C1=C(C(=O)OCC)C2C=CC1C2. The Labute approximate surface area is 126 Å². The molecule has 4 nitrogen and oxygen atoms in total. The fourth-order valence-corrected chi connectivity index (χ4v) is 3.03. The summed E-state index contributed by atoms with van der Waals surface area (Å²) in [5.74, 6) is -0.659. The van der Waals surface area contributed by atoms with Crippen molar-refractivity contribution in [2.75, 3.05) is 13.2 Å². The van der Waals surface area contributed by atoms with Gasteiger partial charge in [0.2, 0.25) is 0 Å². The van der Waals surface area contributed by atoms with E-state index in [4.69, 9.17) is 9.47 Å². The highest BCUT2D eigenvalue weighted by molar-refractivity contribution is 6.03. The smallest absolute Gasteiger partial charge is 0.335 e. The molecule has 2 unspecified atom stereocenters. The van der Waals surface area contributed by atoms with Crippen molar-refractivity contribution in [3.8, 4) is 0 Å². The van der Waals surface area contributed by atoms with Gasteiger partial charge in [0.25, 0.3) is 0 Å². The lowest BCUT2D eigenvalue weighted by molar-refractivity contribution is -0.142. The van der Waals surface area contributed by atoms with Gasteiger partial charge in [0.1, 0.15) is 0 Å². The minimum atomic E-state index is -0.368. The first-order valence-corrected chi connectivity index (χ1v) is 7.95. The van der Waals surface area contributed by atoms with Gasteiger partial charge in [-0.25, -0.2) is 9.59 Å². The topological polar surface area (TPSA) is 52.6 Å². The maximum absolute atomic E-state index is 12.3. The Bertz CT molecular complexity index is 461. The normalized spacial score (nSPS) is 22.8. The number of hydrogen-bond donors (Lipinski definition) is 0. The molecular formula is C17H24O4. The van der Waals surface area contributed by atoms with E-state index in [1.165, 1.54) is 0 Å². The van der Waals surface area contributed by atoms with E-state index in [0.29, 0.717) is 24.4 Å². The third-order valence-corrected chi connectivity index (χ3v) is 4.06. The third-order valence-electron chi connectivity index (χ3n) is 4.06. The molecule has 0 amide bonds. The highest BCUT2D eigenvalue weighted by Gasteiger charge is 2.42. The average molecular weight is 292 g/mol. The largest absolute Gasteiger partial charge is 0.463 e. The lowest BCUT2D eigenvalue weighted by Crippen LogP contribution is -2.19. The van der Waals surface area contributed by atoms with E-state index in [-0.39, 0.29) is 23.8 Å². The first-order valence-electron chi connectivity index (χ1n) is 7.95. The maximum Gasteiger partial charge on any atom is 0.335 e. The molecule has 2 rings (SSSR count). The quantitative estimate of drug-likeness (QED) is 0.392. The van der Waals surface area contributed by atoms with Crippen LogP contribution in [0, 0.1) is 11.8 Å². The number of carbonyl (C=O) groups is 2. The number of fused-ring (bicyclic) bond motifs is 2. The van der Waals surface area contributed by atoms with Gasteiger partial charge in [-0.2, -0.15) is 0 Å². The van der Waals surface area contributed by atoms with Crippen LogP contribution in [-0.2, 0) is 19.1 Å². The van der Waals surface area contributed by atoms with Gasteiger partial charge in [0, 0.05) is 11.8 Å². The van der Waals surface area contributed by atoms with Gasteiger partial charge in [-0.05, 0) is 19.8 Å². The summed E-state index contributed by atoms with van der Waals surface area (Å²) in [6.07, 6.45) is 9.05. The summed E-state index contributed by atoms with van der Waals surface area (Å²) in [7, 11) is 0. The molecule has 2 aliphatic rings. The van der Waals surface area contributed by atoms with Crippen molar-refractivity contribution in [3.05, 3.63) is 23.3 Å². The van der Waals surface area contributed by atoms with E-state index in [0.717, 1.165) is 32.1 Å². The second-order valence-electron chi connectivity index (χ2n) is 5.58. The Kier molecular flexibility index (Phi) is 5.59. The second kappa shape index (κ2) is 7.43. The summed E-state index contributed by atoms with van der Waals surface area (Å²) in [4.78, 5) is 24.3. The molecule has 4 heteroatoms. The molecule has 0 aromatic heterocycles. The average Bonchev–Trinajstić information content (AvgIpc) is 3.07. The van der Waals surface area contributed by atoms with Crippen LogP contribution in [0.3, 0.4) is 0 Å². The van der Waals surface area contributed by atoms with Gasteiger partial charge in [-0.15, -0.1) is 0 Å². The first kappa shape index (κ1) is 15.8. The molecule has 116 valence electrons. The van der Waals surface area contributed by atoms with E-state index >= 15 is 0 Å². The lowest BCUT2D eigenvalue weighted by atomic mass is 9.97. The monoisotopic (exact) mass is 292 g/mol. The van der Waals surface area contributed by atoms with Crippen LogP contribution in [0.2, 0.25) is 0 Å².